The zero-order chi connectivity index (χ0) is 21.6. The Hall–Kier alpha value is -2.85. The summed E-state index contributed by atoms with van der Waals surface area (Å²) in [5.41, 5.74) is 4.77. The zero-order valence-electron chi connectivity index (χ0n) is 18.4. The van der Waals surface area contributed by atoms with E-state index in [1.165, 1.54) is 5.69 Å². The van der Waals surface area contributed by atoms with E-state index >= 15 is 0 Å². The summed E-state index contributed by atoms with van der Waals surface area (Å²) in [5.74, 6) is 0.781. The number of fused-ring (bicyclic) bond motifs is 1. The Kier molecular flexibility index (Phi) is 8.29. The Morgan fingerprint density at radius 3 is 2.69 bits per heavy atom. The fourth-order valence-electron chi connectivity index (χ4n) is 3.89. The quantitative estimate of drug-likeness (QED) is 0.462. The molecule has 0 radical (unpaired) electrons. The molecule has 6 nitrogen and oxygen atoms in total. The molecular formula is C25H28ClN3O3. The van der Waals surface area contributed by atoms with Crippen molar-refractivity contribution in [2.75, 3.05) is 38.3 Å². The summed E-state index contributed by atoms with van der Waals surface area (Å²) in [5, 5.41) is 10.0. The number of hydrogen-bond donors (Lipinski definition) is 0. The normalized spacial score (nSPS) is 15.4. The van der Waals surface area contributed by atoms with E-state index in [-0.39, 0.29) is 18.5 Å². The molecule has 1 aromatic heterocycles. The average Bonchev–Trinajstić information content (AvgIpc) is 3.26. The first-order valence-corrected chi connectivity index (χ1v) is 10.5. The van der Waals surface area contributed by atoms with Crippen LogP contribution in [0.25, 0.3) is 10.9 Å². The number of anilines is 1. The number of nitrogens with zero attached hydrogens (tertiary/aromatic N) is 3. The fourth-order valence-corrected chi connectivity index (χ4v) is 3.89. The number of nitriles is 1. The molecule has 0 amide bonds. The van der Waals surface area contributed by atoms with Crippen molar-refractivity contribution in [2.45, 2.75) is 26.1 Å². The molecule has 7 heteroatoms. The SMILES string of the molecule is COCCO[C@H]1CCN(c2cc(C)nc3cc(OCc4ccc(C#N)cc4)ccc23)C1.Cl. The van der Waals surface area contributed by atoms with E-state index in [0.29, 0.717) is 25.4 Å². The number of aryl methyl sites for hydroxylation is 1. The van der Waals surface area contributed by atoms with Crippen LogP contribution in [-0.4, -0.2) is 44.5 Å². The lowest BCUT2D eigenvalue weighted by molar-refractivity contribution is 0.0280. The molecule has 1 aliphatic heterocycles. The maximum absolute atomic E-state index is 8.92. The van der Waals surface area contributed by atoms with Gasteiger partial charge in [-0.3, -0.25) is 4.98 Å². The third-order valence-corrected chi connectivity index (χ3v) is 5.50. The molecule has 2 aromatic carbocycles. The lowest BCUT2D eigenvalue weighted by Crippen LogP contribution is -2.24. The summed E-state index contributed by atoms with van der Waals surface area (Å²) in [6.07, 6.45) is 1.24. The van der Waals surface area contributed by atoms with Gasteiger partial charge in [-0.2, -0.15) is 5.26 Å². The van der Waals surface area contributed by atoms with E-state index in [2.05, 4.69) is 23.1 Å². The average molecular weight is 454 g/mol. The van der Waals surface area contributed by atoms with Crippen molar-refractivity contribution < 1.29 is 14.2 Å². The van der Waals surface area contributed by atoms with Gasteiger partial charge in [-0.25, -0.2) is 0 Å². The number of rotatable bonds is 8. The van der Waals surface area contributed by atoms with E-state index in [1.54, 1.807) is 19.2 Å². The molecule has 2 heterocycles. The summed E-state index contributed by atoms with van der Waals surface area (Å²) in [7, 11) is 1.69. The zero-order valence-corrected chi connectivity index (χ0v) is 19.2. The molecule has 0 N–H and O–H groups in total. The molecule has 4 rings (SSSR count). The maximum Gasteiger partial charge on any atom is 0.122 e. The molecule has 0 bridgehead atoms. The lowest BCUT2D eigenvalue weighted by Gasteiger charge is -2.21. The van der Waals surface area contributed by atoms with Gasteiger partial charge < -0.3 is 19.1 Å². The number of pyridine rings is 1. The van der Waals surface area contributed by atoms with Crippen molar-refractivity contribution >= 4 is 29.0 Å². The third kappa shape index (κ3) is 5.68. The Morgan fingerprint density at radius 2 is 1.94 bits per heavy atom. The van der Waals surface area contributed by atoms with Crippen molar-refractivity contribution in [3.8, 4) is 11.8 Å². The molecule has 1 atom stereocenters. The van der Waals surface area contributed by atoms with Gasteiger partial charge >= 0.3 is 0 Å². The predicted octanol–water partition coefficient (Wildman–Crippen LogP) is 4.66. The van der Waals surface area contributed by atoms with E-state index in [4.69, 9.17) is 24.5 Å². The van der Waals surface area contributed by atoms with Gasteiger partial charge in [0, 0.05) is 43.0 Å². The molecule has 1 aliphatic rings. The van der Waals surface area contributed by atoms with Crippen molar-refractivity contribution in [1.29, 1.82) is 5.26 Å². The lowest BCUT2D eigenvalue weighted by atomic mass is 10.1. The Bertz CT molecular complexity index is 1080. The van der Waals surface area contributed by atoms with E-state index in [9.17, 15) is 0 Å². The monoisotopic (exact) mass is 453 g/mol. The van der Waals surface area contributed by atoms with Crippen LogP contribution in [0.1, 0.15) is 23.2 Å². The van der Waals surface area contributed by atoms with Crippen LogP contribution in [0, 0.1) is 18.3 Å². The number of ether oxygens (including phenoxy) is 3. The van der Waals surface area contributed by atoms with E-state index in [0.717, 1.165) is 47.4 Å². The van der Waals surface area contributed by atoms with Gasteiger partial charge in [0.25, 0.3) is 0 Å². The highest BCUT2D eigenvalue weighted by atomic mass is 35.5. The largest absolute Gasteiger partial charge is 0.489 e. The molecule has 3 aromatic rings. The molecule has 0 aliphatic carbocycles. The van der Waals surface area contributed by atoms with Crippen molar-refractivity contribution in [3.63, 3.8) is 0 Å². The molecule has 1 fully saturated rings. The molecule has 168 valence electrons. The van der Waals surface area contributed by atoms with Crippen molar-refractivity contribution in [2.24, 2.45) is 0 Å². The number of halogens is 1. The van der Waals surface area contributed by atoms with Crippen LogP contribution >= 0.6 is 12.4 Å². The minimum atomic E-state index is 0. The second-order valence-corrected chi connectivity index (χ2v) is 7.78. The summed E-state index contributed by atoms with van der Waals surface area (Å²) in [6.45, 7) is 5.56. The van der Waals surface area contributed by atoms with Crippen LogP contribution in [0.4, 0.5) is 5.69 Å². The Balaban J connectivity index is 0.00000289. The number of methoxy groups -OCH3 is 1. The van der Waals surface area contributed by atoms with Crippen LogP contribution in [0.2, 0.25) is 0 Å². The summed E-state index contributed by atoms with van der Waals surface area (Å²) in [6, 6.07) is 17.8. The van der Waals surface area contributed by atoms with Gasteiger partial charge in [0.1, 0.15) is 12.4 Å². The highest BCUT2D eigenvalue weighted by Gasteiger charge is 2.25. The van der Waals surface area contributed by atoms with Crippen LogP contribution in [0.5, 0.6) is 5.75 Å². The second-order valence-electron chi connectivity index (χ2n) is 7.78. The summed E-state index contributed by atoms with van der Waals surface area (Å²) < 4.78 is 17.0. The molecule has 0 unspecified atom stereocenters. The third-order valence-electron chi connectivity index (χ3n) is 5.50. The number of hydrogen-bond acceptors (Lipinski definition) is 6. The fraction of sp³-hybridized carbons (Fsp3) is 0.360. The summed E-state index contributed by atoms with van der Waals surface area (Å²) in [4.78, 5) is 7.12. The predicted molar refractivity (Wildman–Crippen MR) is 128 cm³/mol. The van der Waals surface area contributed by atoms with Gasteiger partial charge in [0.2, 0.25) is 0 Å². The summed E-state index contributed by atoms with van der Waals surface area (Å²) >= 11 is 0. The molecular weight excluding hydrogens is 426 g/mol. The van der Waals surface area contributed by atoms with Crippen molar-refractivity contribution in [3.05, 3.63) is 65.4 Å². The highest BCUT2D eigenvalue weighted by molar-refractivity contribution is 5.93. The number of benzene rings is 2. The van der Waals surface area contributed by atoms with E-state index < -0.39 is 0 Å². The molecule has 0 spiro atoms. The van der Waals surface area contributed by atoms with Crippen LogP contribution in [0.3, 0.4) is 0 Å². The first-order chi connectivity index (χ1) is 15.2. The van der Waals surface area contributed by atoms with Gasteiger partial charge in [0.15, 0.2) is 0 Å². The van der Waals surface area contributed by atoms with Gasteiger partial charge in [-0.1, -0.05) is 12.1 Å². The standard InChI is InChI=1S/C25H27N3O3.ClH/c1-18-13-25(28-10-9-22(16-28)30-12-11-29-2)23-8-7-21(14-24(23)27-18)31-17-20-5-3-19(15-26)4-6-20;/h3-8,13-14,22H,9-12,16-17H2,1-2H3;1H/t22-;/m0./s1. The maximum atomic E-state index is 8.92. The minimum Gasteiger partial charge on any atom is -0.489 e. The molecule has 32 heavy (non-hydrogen) atoms. The smallest absolute Gasteiger partial charge is 0.122 e. The van der Waals surface area contributed by atoms with Gasteiger partial charge in [0.05, 0.1) is 36.5 Å². The number of aromatic nitrogens is 1. The molecule has 0 saturated carbocycles. The first-order valence-electron chi connectivity index (χ1n) is 10.5. The van der Waals surface area contributed by atoms with Crippen LogP contribution in [-0.2, 0) is 16.1 Å². The van der Waals surface area contributed by atoms with Crippen LogP contribution < -0.4 is 9.64 Å². The second kappa shape index (κ2) is 11.1. The molecule has 1 saturated heterocycles. The highest BCUT2D eigenvalue weighted by Crippen LogP contribution is 2.32. The van der Waals surface area contributed by atoms with Crippen molar-refractivity contribution in [1.82, 2.24) is 4.98 Å². The minimum absolute atomic E-state index is 0. The first kappa shape index (κ1) is 23.8. The topological polar surface area (TPSA) is 67.6 Å². The Labute approximate surface area is 195 Å². The van der Waals surface area contributed by atoms with E-state index in [1.807, 2.05) is 31.2 Å². The van der Waals surface area contributed by atoms with Gasteiger partial charge in [-0.15, -0.1) is 12.4 Å². The van der Waals surface area contributed by atoms with Crippen LogP contribution in [0.15, 0.2) is 48.5 Å². The van der Waals surface area contributed by atoms with Gasteiger partial charge in [-0.05, 0) is 49.2 Å². The Morgan fingerprint density at radius 1 is 1.12 bits per heavy atom.